The van der Waals surface area contributed by atoms with Gasteiger partial charge in [0, 0.05) is 29.2 Å². The lowest BCUT2D eigenvalue weighted by atomic mass is 10.1. The van der Waals surface area contributed by atoms with Crippen LogP contribution in [-0.4, -0.2) is 15.0 Å². The third-order valence-corrected chi connectivity index (χ3v) is 4.10. The minimum absolute atomic E-state index is 0.136. The number of halogens is 1. The number of anilines is 4. The van der Waals surface area contributed by atoms with Crippen LogP contribution in [0.4, 0.5) is 27.5 Å². The Morgan fingerprint density at radius 2 is 1.63 bits per heavy atom. The molecule has 136 valence electrons. The summed E-state index contributed by atoms with van der Waals surface area (Å²) in [5.41, 5.74) is 5.17. The van der Waals surface area contributed by atoms with E-state index >= 15 is 0 Å². The highest BCUT2D eigenvalue weighted by Gasteiger charge is 2.11. The van der Waals surface area contributed by atoms with Gasteiger partial charge in [-0.05, 0) is 50.1 Å². The van der Waals surface area contributed by atoms with Crippen molar-refractivity contribution in [3.63, 3.8) is 0 Å². The van der Waals surface area contributed by atoms with Gasteiger partial charge in [-0.1, -0.05) is 6.07 Å². The van der Waals surface area contributed by atoms with E-state index in [-0.39, 0.29) is 5.58 Å². The SMILES string of the molecule is Cc1cc(C)cc(Nc2ncc(C)c(Nc3cc(F)c4ocnc4c3)n2)c1. The highest BCUT2D eigenvalue weighted by atomic mass is 19.1. The van der Waals surface area contributed by atoms with Gasteiger partial charge in [-0.2, -0.15) is 4.98 Å². The summed E-state index contributed by atoms with van der Waals surface area (Å²) in [6, 6.07) is 9.21. The van der Waals surface area contributed by atoms with Crippen LogP contribution in [0.1, 0.15) is 16.7 Å². The Kier molecular flexibility index (Phi) is 4.19. The Bertz CT molecular complexity index is 1120. The monoisotopic (exact) mass is 363 g/mol. The van der Waals surface area contributed by atoms with E-state index in [2.05, 4.69) is 31.7 Å². The molecule has 27 heavy (non-hydrogen) atoms. The Morgan fingerprint density at radius 3 is 2.41 bits per heavy atom. The molecule has 2 aromatic heterocycles. The first-order valence-electron chi connectivity index (χ1n) is 8.47. The average Bonchev–Trinajstić information content (AvgIpc) is 3.06. The van der Waals surface area contributed by atoms with Crippen molar-refractivity contribution in [3.8, 4) is 0 Å². The van der Waals surface area contributed by atoms with Crippen LogP contribution < -0.4 is 10.6 Å². The first-order valence-corrected chi connectivity index (χ1v) is 8.47. The molecule has 0 aliphatic carbocycles. The van der Waals surface area contributed by atoms with Gasteiger partial charge in [0.2, 0.25) is 5.95 Å². The smallest absolute Gasteiger partial charge is 0.229 e. The summed E-state index contributed by atoms with van der Waals surface area (Å²) in [4.78, 5) is 12.9. The van der Waals surface area contributed by atoms with Crippen LogP contribution in [0.5, 0.6) is 0 Å². The van der Waals surface area contributed by atoms with Crippen LogP contribution in [0.3, 0.4) is 0 Å². The molecule has 2 heterocycles. The first-order chi connectivity index (χ1) is 13.0. The van der Waals surface area contributed by atoms with Crippen LogP contribution in [0.25, 0.3) is 11.1 Å². The number of hydrogen-bond acceptors (Lipinski definition) is 6. The lowest BCUT2D eigenvalue weighted by Gasteiger charge is -2.12. The lowest BCUT2D eigenvalue weighted by Crippen LogP contribution is -2.03. The topological polar surface area (TPSA) is 75.9 Å². The van der Waals surface area contributed by atoms with Crippen molar-refractivity contribution in [1.29, 1.82) is 0 Å². The molecule has 0 unspecified atom stereocenters. The molecule has 0 atom stereocenters. The van der Waals surface area contributed by atoms with Crippen LogP contribution in [-0.2, 0) is 0 Å². The van der Waals surface area contributed by atoms with Crippen LogP contribution in [0.2, 0.25) is 0 Å². The molecular weight excluding hydrogens is 345 g/mol. The third kappa shape index (κ3) is 3.57. The summed E-state index contributed by atoms with van der Waals surface area (Å²) in [5, 5.41) is 6.34. The summed E-state index contributed by atoms with van der Waals surface area (Å²) < 4.78 is 19.1. The molecule has 0 spiro atoms. The number of fused-ring (bicyclic) bond motifs is 1. The Balaban J connectivity index is 1.63. The number of hydrogen-bond donors (Lipinski definition) is 2. The fourth-order valence-electron chi connectivity index (χ4n) is 2.94. The molecule has 4 rings (SSSR count). The van der Waals surface area contributed by atoms with E-state index in [1.807, 2.05) is 32.9 Å². The molecule has 0 saturated carbocycles. The minimum Gasteiger partial charge on any atom is -0.440 e. The van der Waals surface area contributed by atoms with Crippen molar-refractivity contribution in [2.75, 3.05) is 10.6 Å². The Hall–Kier alpha value is -3.48. The number of nitrogens with zero attached hydrogens (tertiary/aromatic N) is 3. The quantitative estimate of drug-likeness (QED) is 0.521. The number of benzene rings is 2. The molecule has 0 saturated heterocycles. The summed E-state index contributed by atoms with van der Waals surface area (Å²) in [6.45, 7) is 5.96. The van der Waals surface area contributed by atoms with E-state index in [4.69, 9.17) is 4.42 Å². The zero-order valence-corrected chi connectivity index (χ0v) is 15.2. The highest BCUT2D eigenvalue weighted by molar-refractivity contribution is 5.79. The Morgan fingerprint density at radius 1 is 0.889 bits per heavy atom. The third-order valence-electron chi connectivity index (χ3n) is 4.10. The Labute approximate surface area is 155 Å². The van der Waals surface area contributed by atoms with E-state index < -0.39 is 5.82 Å². The molecule has 2 N–H and O–H groups in total. The van der Waals surface area contributed by atoms with Crippen molar-refractivity contribution >= 4 is 34.2 Å². The number of aryl methyl sites for hydroxylation is 3. The van der Waals surface area contributed by atoms with Gasteiger partial charge >= 0.3 is 0 Å². The molecule has 0 radical (unpaired) electrons. The second kappa shape index (κ2) is 6.68. The fourth-order valence-corrected chi connectivity index (χ4v) is 2.94. The van der Waals surface area contributed by atoms with E-state index in [1.165, 1.54) is 12.5 Å². The van der Waals surface area contributed by atoms with E-state index in [9.17, 15) is 4.39 Å². The summed E-state index contributed by atoms with van der Waals surface area (Å²) in [7, 11) is 0. The lowest BCUT2D eigenvalue weighted by molar-refractivity contribution is 0.554. The maximum absolute atomic E-state index is 14.1. The van der Waals surface area contributed by atoms with Crippen LogP contribution in [0.15, 0.2) is 47.3 Å². The summed E-state index contributed by atoms with van der Waals surface area (Å²) in [5.74, 6) is 0.558. The van der Waals surface area contributed by atoms with Gasteiger partial charge in [-0.15, -0.1) is 0 Å². The predicted molar refractivity (Wildman–Crippen MR) is 103 cm³/mol. The summed E-state index contributed by atoms with van der Waals surface area (Å²) in [6.07, 6.45) is 2.94. The molecule has 0 aliphatic rings. The number of aromatic nitrogens is 3. The predicted octanol–water partition coefficient (Wildman–Crippen LogP) is 5.17. The van der Waals surface area contributed by atoms with E-state index in [1.54, 1.807) is 12.3 Å². The molecule has 0 amide bonds. The van der Waals surface area contributed by atoms with Gasteiger partial charge < -0.3 is 15.1 Å². The maximum Gasteiger partial charge on any atom is 0.229 e. The molecule has 4 aromatic rings. The number of rotatable bonds is 4. The fraction of sp³-hybridized carbons (Fsp3) is 0.150. The van der Waals surface area contributed by atoms with Gasteiger partial charge in [0.15, 0.2) is 17.8 Å². The molecule has 0 aliphatic heterocycles. The largest absolute Gasteiger partial charge is 0.440 e. The zero-order valence-electron chi connectivity index (χ0n) is 15.2. The molecule has 6 nitrogen and oxygen atoms in total. The molecule has 0 fully saturated rings. The van der Waals surface area contributed by atoms with Crippen molar-refractivity contribution in [1.82, 2.24) is 15.0 Å². The molecule has 7 heteroatoms. The van der Waals surface area contributed by atoms with Gasteiger partial charge in [-0.3, -0.25) is 0 Å². The van der Waals surface area contributed by atoms with Crippen molar-refractivity contribution in [3.05, 3.63) is 65.4 Å². The molecular formula is C20H18FN5O. The van der Waals surface area contributed by atoms with Crippen molar-refractivity contribution < 1.29 is 8.81 Å². The molecule has 2 aromatic carbocycles. The first kappa shape index (κ1) is 17.0. The second-order valence-corrected chi connectivity index (χ2v) is 6.51. The van der Waals surface area contributed by atoms with Crippen molar-refractivity contribution in [2.24, 2.45) is 0 Å². The van der Waals surface area contributed by atoms with Gasteiger partial charge in [0.25, 0.3) is 0 Å². The zero-order chi connectivity index (χ0) is 19.0. The number of nitrogens with one attached hydrogen (secondary N) is 2. The van der Waals surface area contributed by atoms with E-state index in [0.717, 1.165) is 22.4 Å². The summed E-state index contributed by atoms with van der Waals surface area (Å²) >= 11 is 0. The molecule has 0 bridgehead atoms. The van der Waals surface area contributed by atoms with Crippen LogP contribution >= 0.6 is 0 Å². The average molecular weight is 363 g/mol. The number of oxazole rings is 1. The highest BCUT2D eigenvalue weighted by Crippen LogP contribution is 2.26. The van der Waals surface area contributed by atoms with Crippen molar-refractivity contribution in [2.45, 2.75) is 20.8 Å². The standard InChI is InChI=1S/C20H18FN5O/c1-11-4-12(2)6-14(5-11)25-20-22-9-13(3)19(26-20)24-15-7-16(21)18-17(8-15)23-10-27-18/h4-10H,1-3H3,(H2,22,24,25,26). The maximum atomic E-state index is 14.1. The van der Waals surface area contributed by atoms with Crippen LogP contribution in [0, 0.1) is 26.6 Å². The van der Waals surface area contributed by atoms with Gasteiger partial charge in [0.1, 0.15) is 11.3 Å². The van der Waals surface area contributed by atoms with Gasteiger partial charge in [0.05, 0.1) is 0 Å². The minimum atomic E-state index is -0.479. The van der Waals surface area contributed by atoms with Gasteiger partial charge in [-0.25, -0.2) is 14.4 Å². The van der Waals surface area contributed by atoms with E-state index in [0.29, 0.717) is 23.0 Å². The normalized spacial score (nSPS) is 11.0. The second-order valence-electron chi connectivity index (χ2n) is 6.51.